The van der Waals surface area contributed by atoms with E-state index < -0.39 is 12.8 Å². The standard InChI is InChI=1S/C20H29F3N4O2.HI/c1-3-25-19(27-10-8-15(9-11-27)12-18(28)24-2)26-13-16-4-6-17(7-5-16)29-14-20(21,22)23;/h4-7,15H,3,8-14H2,1-2H3,(H,24,28)(H,25,26);1H. The number of likely N-dealkylation sites (tertiary alicyclic amines) is 1. The highest BCUT2D eigenvalue weighted by Crippen LogP contribution is 2.21. The zero-order valence-electron chi connectivity index (χ0n) is 17.3. The van der Waals surface area contributed by atoms with Gasteiger partial charge in [0.2, 0.25) is 5.91 Å². The number of rotatable bonds is 7. The number of benzene rings is 1. The van der Waals surface area contributed by atoms with E-state index in [0.717, 1.165) is 44.0 Å². The Morgan fingerprint density at radius 1 is 1.23 bits per heavy atom. The molecule has 0 spiro atoms. The minimum atomic E-state index is -4.35. The number of amides is 1. The molecule has 1 fully saturated rings. The molecule has 1 aliphatic heterocycles. The van der Waals surface area contributed by atoms with Gasteiger partial charge >= 0.3 is 6.18 Å². The molecule has 1 saturated heterocycles. The maximum Gasteiger partial charge on any atom is 0.422 e. The molecule has 1 aromatic carbocycles. The van der Waals surface area contributed by atoms with Crippen molar-refractivity contribution in [1.29, 1.82) is 0 Å². The number of ether oxygens (including phenoxy) is 1. The van der Waals surface area contributed by atoms with Gasteiger partial charge < -0.3 is 20.3 Å². The summed E-state index contributed by atoms with van der Waals surface area (Å²) in [4.78, 5) is 18.4. The molecule has 30 heavy (non-hydrogen) atoms. The maximum absolute atomic E-state index is 12.2. The van der Waals surface area contributed by atoms with Gasteiger partial charge in [-0.3, -0.25) is 4.79 Å². The van der Waals surface area contributed by atoms with Crippen molar-refractivity contribution in [3.8, 4) is 5.75 Å². The molecule has 6 nitrogen and oxygen atoms in total. The van der Waals surface area contributed by atoms with Gasteiger partial charge in [-0.25, -0.2) is 4.99 Å². The average Bonchev–Trinajstić information content (AvgIpc) is 2.70. The minimum absolute atomic E-state index is 0. The van der Waals surface area contributed by atoms with Crippen molar-refractivity contribution in [1.82, 2.24) is 15.5 Å². The number of alkyl halides is 3. The highest BCUT2D eigenvalue weighted by atomic mass is 127. The molecule has 0 unspecified atom stereocenters. The number of guanidine groups is 1. The first kappa shape index (κ1) is 26.3. The zero-order chi connectivity index (χ0) is 21.3. The van der Waals surface area contributed by atoms with E-state index in [1.165, 1.54) is 12.1 Å². The second-order valence-corrected chi connectivity index (χ2v) is 7.03. The smallest absolute Gasteiger partial charge is 0.422 e. The summed E-state index contributed by atoms with van der Waals surface area (Å²) in [7, 11) is 1.66. The van der Waals surface area contributed by atoms with Crippen LogP contribution < -0.4 is 15.4 Å². The first-order valence-electron chi connectivity index (χ1n) is 9.83. The molecule has 0 saturated carbocycles. The lowest BCUT2D eigenvalue weighted by molar-refractivity contribution is -0.153. The van der Waals surface area contributed by atoms with Crippen molar-refractivity contribution in [3.05, 3.63) is 29.8 Å². The fourth-order valence-corrected chi connectivity index (χ4v) is 3.16. The molecule has 2 N–H and O–H groups in total. The normalized spacial score (nSPS) is 15.4. The number of nitrogens with one attached hydrogen (secondary N) is 2. The number of hydrogen-bond donors (Lipinski definition) is 2. The van der Waals surface area contributed by atoms with E-state index in [1.54, 1.807) is 19.2 Å². The molecule has 0 radical (unpaired) electrons. The SMILES string of the molecule is CCNC(=NCc1ccc(OCC(F)(F)F)cc1)N1CCC(CC(=O)NC)CC1.I. The molecule has 0 atom stereocenters. The average molecular weight is 542 g/mol. The van der Waals surface area contributed by atoms with Crippen LogP contribution in [0.2, 0.25) is 0 Å². The van der Waals surface area contributed by atoms with Crippen LogP contribution in [0.4, 0.5) is 13.2 Å². The van der Waals surface area contributed by atoms with Crippen LogP contribution in [-0.4, -0.2) is 56.2 Å². The second-order valence-electron chi connectivity index (χ2n) is 7.03. The molecule has 170 valence electrons. The van der Waals surface area contributed by atoms with Gasteiger partial charge in [-0.05, 0) is 43.4 Å². The van der Waals surface area contributed by atoms with E-state index >= 15 is 0 Å². The molecule has 0 aliphatic carbocycles. The summed E-state index contributed by atoms with van der Waals surface area (Å²) in [6, 6.07) is 6.48. The zero-order valence-corrected chi connectivity index (χ0v) is 19.6. The Balaban J connectivity index is 0.00000450. The third-order valence-corrected chi connectivity index (χ3v) is 4.74. The molecule has 2 rings (SSSR count). The summed E-state index contributed by atoms with van der Waals surface area (Å²) >= 11 is 0. The summed E-state index contributed by atoms with van der Waals surface area (Å²) in [6.45, 7) is 3.52. The highest BCUT2D eigenvalue weighted by Gasteiger charge is 2.28. The van der Waals surface area contributed by atoms with Gasteiger partial charge in [0.15, 0.2) is 12.6 Å². The van der Waals surface area contributed by atoms with Crippen LogP contribution in [-0.2, 0) is 11.3 Å². The Morgan fingerprint density at radius 3 is 2.40 bits per heavy atom. The van der Waals surface area contributed by atoms with Gasteiger partial charge in [-0.1, -0.05) is 12.1 Å². The predicted octanol–water partition coefficient (Wildman–Crippen LogP) is 3.56. The third kappa shape index (κ3) is 9.40. The van der Waals surface area contributed by atoms with Gasteiger partial charge in [-0.15, -0.1) is 24.0 Å². The van der Waals surface area contributed by atoms with Crippen molar-refractivity contribution in [2.75, 3.05) is 33.3 Å². The van der Waals surface area contributed by atoms with Crippen LogP contribution in [0, 0.1) is 5.92 Å². The number of aliphatic imine (C=N–C) groups is 1. The van der Waals surface area contributed by atoms with Crippen molar-refractivity contribution in [2.24, 2.45) is 10.9 Å². The summed E-state index contributed by atoms with van der Waals surface area (Å²) in [5, 5.41) is 5.96. The van der Waals surface area contributed by atoms with E-state index in [9.17, 15) is 18.0 Å². The largest absolute Gasteiger partial charge is 0.484 e. The van der Waals surface area contributed by atoms with Crippen LogP contribution in [0.1, 0.15) is 31.7 Å². The number of hydrogen-bond acceptors (Lipinski definition) is 3. The molecule has 0 aromatic heterocycles. The summed E-state index contributed by atoms with van der Waals surface area (Å²) in [5.41, 5.74) is 0.884. The van der Waals surface area contributed by atoms with Crippen LogP contribution in [0.3, 0.4) is 0 Å². The fraction of sp³-hybridized carbons (Fsp3) is 0.600. The van der Waals surface area contributed by atoms with E-state index in [4.69, 9.17) is 4.74 Å². The Labute approximate surface area is 192 Å². The molecule has 10 heteroatoms. The Hall–Kier alpha value is -1.72. The molecule has 1 aromatic rings. The van der Waals surface area contributed by atoms with E-state index in [1.807, 2.05) is 6.92 Å². The van der Waals surface area contributed by atoms with Gasteiger partial charge in [0.25, 0.3) is 0 Å². The summed E-state index contributed by atoms with van der Waals surface area (Å²) < 4.78 is 41.4. The predicted molar refractivity (Wildman–Crippen MR) is 121 cm³/mol. The van der Waals surface area contributed by atoms with Crippen LogP contribution in [0.5, 0.6) is 5.75 Å². The topological polar surface area (TPSA) is 66.0 Å². The lowest BCUT2D eigenvalue weighted by Crippen LogP contribution is -2.46. The first-order valence-corrected chi connectivity index (χ1v) is 9.83. The molecule has 0 bridgehead atoms. The van der Waals surface area contributed by atoms with Gasteiger partial charge in [0, 0.05) is 33.1 Å². The van der Waals surface area contributed by atoms with Crippen molar-refractivity contribution < 1.29 is 22.7 Å². The van der Waals surface area contributed by atoms with Crippen LogP contribution >= 0.6 is 24.0 Å². The second kappa shape index (κ2) is 12.9. The van der Waals surface area contributed by atoms with Crippen LogP contribution in [0.15, 0.2) is 29.3 Å². The van der Waals surface area contributed by atoms with Crippen molar-refractivity contribution in [3.63, 3.8) is 0 Å². The van der Waals surface area contributed by atoms with E-state index in [0.29, 0.717) is 18.9 Å². The summed E-state index contributed by atoms with van der Waals surface area (Å²) in [5.74, 6) is 1.45. The number of carbonyl (C=O) groups is 1. The molecular weight excluding hydrogens is 512 g/mol. The Bertz CT molecular complexity index is 676. The Kier molecular flexibility index (Phi) is 11.3. The molecule has 1 aliphatic rings. The maximum atomic E-state index is 12.2. The molecule has 1 heterocycles. The Morgan fingerprint density at radius 2 is 1.87 bits per heavy atom. The van der Waals surface area contributed by atoms with E-state index in [2.05, 4.69) is 20.5 Å². The number of nitrogens with zero attached hydrogens (tertiary/aromatic N) is 2. The quantitative estimate of drug-likeness (QED) is 0.314. The molecular formula is C20H30F3IN4O2. The van der Waals surface area contributed by atoms with Crippen LogP contribution in [0.25, 0.3) is 0 Å². The van der Waals surface area contributed by atoms with Gasteiger partial charge in [0.05, 0.1) is 6.54 Å². The van der Waals surface area contributed by atoms with Gasteiger partial charge in [-0.2, -0.15) is 13.2 Å². The fourth-order valence-electron chi connectivity index (χ4n) is 3.16. The minimum Gasteiger partial charge on any atom is -0.484 e. The highest BCUT2D eigenvalue weighted by molar-refractivity contribution is 14.0. The van der Waals surface area contributed by atoms with Crippen molar-refractivity contribution >= 4 is 35.8 Å². The van der Waals surface area contributed by atoms with E-state index in [-0.39, 0.29) is 35.6 Å². The third-order valence-electron chi connectivity index (χ3n) is 4.74. The molecule has 1 amide bonds. The number of halogens is 4. The monoisotopic (exact) mass is 542 g/mol. The number of carbonyl (C=O) groups excluding carboxylic acids is 1. The lowest BCUT2D eigenvalue weighted by Gasteiger charge is -2.34. The number of piperidine rings is 1. The first-order chi connectivity index (χ1) is 13.8. The summed E-state index contributed by atoms with van der Waals surface area (Å²) in [6.07, 6.45) is -1.93. The van der Waals surface area contributed by atoms with Gasteiger partial charge in [0.1, 0.15) is 5.75 Å². The lowest BCUT2D eigenvalue weighted by atomic mass is 9.93. The van der Waals surface area contributed by atoms with Crippen molar-refractivity contribution in [2.45, 2.75) is 38.9 Å².